The van der Waals surface area contributed by atoms with E-state index < -0.39 is 12.7 Å². The summed E-state index contributed by atoms with van der Waals surface area (Å²) in [4.78, 5) is 2.24. The van der Waals surface area contributed by atoms with E-state index in [0.717, 1.165) is 45.4 Å². The number of aliphatic hydroxyl groups excluding tert-OH is 1. The molecule has 1 aliphatic rings. The van der Waals surface area contributed by atoms with Gasteiger partial charge in [-0.25, -0.2) is 0 Å². The van der Waals surface area contributed by atoms with Crippen molar-refractivity contribution in [3.8, 4) is 5.75 Å². The van der Waals surface area contributed by atoms with E-state index in [1.54, 1.807) is 12.1 Å². The van der Waals surface area contributed by atoms with Crippen LogP contribution in [-0.2, 0) is 4.74 Å². The normalized spacial score (nSPS) is 20.8. The van der Waals surface area contributed by atoms with E-state index in [9.17, 15) is 13.9 Å². The number of aliphatic hydroxyl groups is 1. The van der Waals surface area contributed by atoms with Crippen molar-refractivity contribution in [1.82, 2.24) is 4.90 Å². The van der Waals surface area contributed by atoms with Gasteiger partial charge < -0.3 is 19.5 Å². The Labute approximate surface area is 142 Å². The summed E-state index contributed by atoms with van der Waals surface area (Å²) in [5.41, 5.74) is 0.708. The van der Waals surface area contributed by atoms with Gasteiger partial charge in [0.2, 0.25) is 0 Å². The highest BCUT2D eigenvalue weighted by molar-refractivity contribution is 5.28. The van der Waals surface area contributed by atoms with Crippen LogP contribution >= 0.6 is 0 Å². The zero-order valence-electron chi connectivity index (χ0n) is 14.2. The highest BCUT2D eigenvalue weighted by atomic mass is 19.3. The maximum absolute atomic E-state index is 12.1. The zero-order chi connectivity index (χ0) is 17.4. The minimum Gasteiger partial charge on any atom is -0.435 e. The molecule has 24 heavy (non-hydrogen) atoms. The first-order chi connectivity index (χ1) is 11.6. The van der Waals surface area contributed by atoms with E-state index in [0.29, 0.717) is 18.2 Å². The first-order valence-electron chi connectivity index (χ1n) is 8.65. The number of benzene rings is 1. The van der Waals surface area contributed by atoms with Gasteiger partial charge in [-0.05, 0) is 49.9 Å². The van der Waals surface area contributed by atoms with Crippen LogP contribution in [0, 0.1) is 0 Å². The van der Waals surface area contributed by atoms with Crippen molar-refractivity contribution in [2.45, 2.75) is 51.4 Å². The molecule has 6 heteroatoms. The molecule has 1 fully saturated rings. The second-order valence-corrected chi connectivity index (χ2v) is 6.19. The van der Waals surface area contributed by atoms with Crippen LogP contribution < -0.4 is 4.74 Å². The first kappa shape index (κ1) is 19.1. The number of rotatable bonds is 8. The maximum Gasteiger partial charge on any atom is 0.387 e. The number of likely N-dealkylation sites (tertiary alicyclic amines) is 1. The molecule has 0 radical (unpaired) electrons. The molecule has 4 nitrogen and oxygen atoms in total. The minimum absolute atomic E-state index is 0.103. The number of hydrogen-bond acceptors (Lipinski definition) is 4. The van der Waals surface area contributed by atoms with Crippen LogP contribution in [0.25, 0.3) is 0 Å². The van der Waals surface area contributed by atoms with Crippen molar-refractivity contribution in [2.24, 2.45) is 0 Å². The Morgan fingerprint density at radius 3 is 2.62 bits per heavy atom. The molecule has 0 bridgehead atoms. The number of β-amino-alcohol motifs (C(OH)–C–C–N with tert-alkyl or cyclic N) is 1. The van der Waals surface area contributed by atoms with Gasteiger partial charge in [-0.15, -0.1) is 0 Å². The molecular formula is C18H27F2NO3. The average Bonchev–Trinajstić information content (AvgIpc) is 2.78. The zero-order valence-corrected chi connectivity index (χ0v) is 14.2. The molecule has 1 aliphatic heterocycles. The van der Waals surface area contributed by atoms with Crippen molar-refractivity contribution < 1.29 is 23.4 Å². The van der Waals surface area contributed by atoms with Crippen LogP contribution in [0.2, 0.25) is 0 Å². The Bertz CT molecular complexity index is 470. The molecule has 0 saturated carbocycles. The predicted molar refractivity (Wildman–Crippen MR) is 88.4 cm³/mol. The topological polar surface area (TPSA) is 41.9 Å². The summed E-state index contributed by atoms with van der Waals surface area (Å²) in [6.45, 7) is 2.46. The summed E-state index contributed by atoms with van der Waals surface area (Å²) < 4.78 is 34.4. The van der Waals surface area contributed by atoms with E-state index in [1.807, 2.05) is 0 Å². The fraction of sp³-hybridized carbons (Fsp3) is 0.667. The van der Waals surface area contributed by atoms with Crippen molar-refractivity contribution in [1.29, 1.82) is 0 Å². The third kappa shape index (κ3) is 6.34. The summed E-state index contributed by atoms with van der Waals surface area (Å²) >= 11 is 0. The molecule has 1 aromatic rings. The van der Waals surface area contributed by atoms with Gasteiger partial charge in [-0.2, -0.15) is 8.78 Å². The second-order valence-electron chi connectivity index (χ2n) is 6.19. The number of nitrogens with zero attached hydrogens (tertiary/aromatic N) is 1. The molecule has 1 heterocycles. The van der Waals surface area contributed by atoms with Crippen molar-refractivity contribution in [3.05, 3.63) is 29.8 Å². The van der Waals surface area contributed by atoms with Gasteiger partial charge in [0, 0.05) is 19.7 Å². The van der Waals surface area contributed by atoms with Gasteiger partial charge in [-0.1, -0.05) is 19.1 Å². The van der Waals surface area contributed by atoms with Crippen molar-refractivity contribution >= 4 is 0 Å². The quantitative estimate of drug-likeness (QED) is 0.783. The van der Waals surface area contributed by atoms with Gasteiger partial charge >= 0.3 is 6.61 Å². The van der Waals surface area contributed by atoms with E-state index in [2.05, 4.69) is 16.6 Å². The van der Waals surface area contributed by atoms with E-state index in [-0.39, 0.29) is 5.75 Å². The van der Waals surface area contributed by atoms with Gasteiger partial charge in [0.15, 0.2) is 0 Å². The number of alkyl halides is 2. The number of halogens is 2. The molecule has 1 aromatic carbocycles. The molecule has 0 amide bonds. The lowest BCUT2D eigenvalue weighted by Gasteiger charge is -2.23. The Hall–Kier alpha value is -1.24. The SMILES string of the molecule is CCCOC1CCCN(CC(O)c2ccc(OC(F)F)cc2)CC1. The summed E-state index contributed by atoms with van der Waals surface area (Å²) in [5.74, 6) is 0.103. The standard InChI is InChI=1S/C18H27F2NO3/c1-2-12-23-15-4-3-10-21(11-9-15)13-17(22)14-5-7-16(8-6-14)24-18(19)20/h5-8,15,17-18,22H,2-4,9-13H2,1H3. The fourth-order valence-corrected chi connectivity index (χ4v) is 2.98. The third-order valence-electron chi connectivity index (χ3n) is 4.25. The summed E-state index contributed by atoms with van der Waals surface area (Å²) in [6, 6.07) is 6.18. The Morgan fingerprint density at radius 2 is 1.96 bits per heavy atom. The largest absolute Gasteiger partial charge is 0.435 e. The molecular weight excluding hydrogens is 316 g/mol. The Kier molecular flexibility index (Phi) is 7.88. The van der Waals surface area contributed by atoms with Gasteiger partial charge in [0.25, 0.3) is 0 Å². The van der Waals surface area contributed by atoms with Crippen LogP contribution in [0.1, 0.15) is 44.3 Å². The lowest BCUT2D eigenvalue weighted by molar-refractivity contribution is -0.0498. The maximum atomic E-state index is 12.1. The Balaban J connectivity index is 1.82. The Morgan fingerprint density at radius 1 is 1.21 bits per heavy atom. The van der Waals surface area contributed by atoms with E-state index in [1.165, 1.54) is 12.1 Å². The summed E-state index contributed by atoms with van der Waals surface area (Å²) in [7, 11) is 0. The van der Waals surface area contributed by atoms with Crippen LogP contribution in [0.4, 0.5) is 8.78 Å². The molecule has 1 saturated heterocycles. The van der Waals surface area contributed by atoms with E-state index in [4.69, 9.17) is 4.74 Å². The molecule has 136 valence electrons. The second kappa shape index (κ2) is 9.91. The predicted octanol–water partition coefficient (Wildman–Crippen LogP) is 3.60. The number of ether oxygens (including phenoxy) is 2. The molecule has 2 atom stereocenters. The first-order valence-corrected chi connectivity index (χ1v) is 8.65. The highest BCUT2D eigenvalue weighted by Gasteiger charge is 2.20. The molecule has 0 aromatic heterocycles. The van der Waals surface area contributed by atoms with Gasteiger partial charge in [-0.3, -0.25) is 0 Å². The van der Waals surface area contributed by atoms with Crippen LogP contribution in [0.15, 0.2) is 24.3 Å². The molecule has 2 rings (SSSR count). The van der Waals surface area contributed by atoms with Crippen LogP contribution in [0.3, 0.4) is 0 Å². The van der Waals surface area contributed by atoms with Crippen molar-refractivity contribution in [3.63, 3.8) is 0 Å². The molecule has 0 aliphatic carbocycles. The van der Waals surface area contributed by atoms with Crippen LogP contribution in [-0.4, -0.2) is 49.0 Å². The average molecular weight is 343 g/mol. The highest BCUT2D eigenvalue weighted by Crippen LogP contribution is 2.22. The summed E-state index contributed by atoms with van der Waals surface area (Å²) in [6.07, 6.45) is 3.81. The van der Waals surface area contributed by atoms with Crippen LogP contribution in [0.5, 0.6) is 5.75 Å². The molecule has 2 unspecified atom stereocenters. The van der Waals surface area contributed by atoms with Gasteiger partial charge in [0.1, 0.15) is 5.75 Å². The lowest BCUT2D eigenvalue weighted by atomic mass is 10.1. The molecule has 0 spiro atoms. The minimum atomic E-state index is -2.83. The number of hydrogen-bond donors (Lipinski definition) is 1. The smallest absolute Gasteiger partial charge is 0.387 e. The molecule has 1 N–H and O–H groups in total. The lowest BCUT2D eigenvalue weighted by Crippen LogP contribution is -2.30. The third-order valence-corrected chi connectivity index (χ3v) is 4.25. The van der Waals surface area contributed by atoms with Gasteiger partial charge in [0.05, 0.1) is 12.2 Å². The monoisotopic (exact) mass is 343 g/mol. The summed E-state index contributed by atoms with van der Waals surface area (Å²) in [5, 5.41) is 10.4. The van der Waals surface area contributed by atoms with E-state index >= 15 is 0 Å². The van der Waals surface area contributed by atoms with Crippen molar-refractivity contribution in [2.75, 3.05) is 26.2 Å². The fourth-order valence-electron chi connectivity index (χ4n) is 2.98.